The maximum absolute atomic E-state index is 12.9. The molecule has 0 radical (unpaired) electrons. The summed E-state index contributed by atoms with van der Waals surface area (Å²) in [6.07, 6.45) is 96.3. The summed E-state index contributed by atoms with van der Waals surface area (Å²) in [7, 11) is 0. The second kappa shape index (κ2) is 65.3. The molecule has 0 fully saturated rings. The van der Waals surface area contributed by atoms with E-state index in [0.717, 1.165) is 186 Å². The molecule has 442 valence electrons. The highest BCUT2D eigenvalue weighted by molar-refractivity contribution is 5.71. The minimum atomic E-state index is -0.818. The van der Waals surface area contributed by atoms with Gasteiger partial charge < -0.3 is 14.2 Å². The van der Waals surface area contributed by atoms with Crippen LogP contribution in [0.25, 0.3) is 0 Å². The minimum Gasteiger partial charge on any atom is -0.462 e. The Morgan fingerprint density at radius 3 is 0.772 bits per heavy atom. The van der Waals surface area contributed by atoms with Crippen LogP contribution >= 0.6 is 0 Å². The Labute approximate surface area is 485 Å². The van der Waals surface area contributed by atoms with E-state index < -0.39 is 6.10 Å². The number of ether oxygens (including phenoxy) is 3. The first-order chi connectivity index (χ1) is 39.0. The summed E-state index contributed by atoms with van der Waals surface area (Å²) in [5.41, 5.74) is 0. The van der Waals surface area contributed by atoms with Crippen molar-refractivity contribution in [1.29, 1.82) is 0 Å². The molecule has 0 aliphatic heterocycles. The second-order valence-electron chi connectivity index (χ2n) is 20.2. The van der Waals surface area contributed by atoms with Gasteiger partial charge in [-0.1, -0.05) is 249 Å². The lowest BCUT2D eigenvalue weighted by atomic mass is 10.1. The smallest absolute Gasteiger partial charge is 0.306 e. The van der Waals surface area contributed by atoms with Gasteiger partial charge in [0.2, 0.25) is 0 Å². The van der Waals surface area contributed by atoms with Crippen molar-refractivity contribution in [3.63, 3.8) is 0 Å². The monoisotopic (exact) mass is 1090 g/mol. The first kappa shape index (κ1) is 73.8. The Bertz CT molecular complexity index is 1820. The molecule has 6 heteroatoms. The molecule has 0 N–H and O–H groups in total. The van der Waals surface area contributed by atoms with Crippen molar-refractivity contribution < 1.29 is 28.6 Å². The lowest BCUT2D eigenvalue weighted by Gasteiger charge is -2.18. The Balaban J connectivity index is 4.47. The molecular weight excluding hydrogens is 973 g/mol. The molecule has 0 saturated heterocycles. The standard InChI is InChI=1S/C73H114O6/c1-4-7-10-13-16-19-22-25-28-30-31-32-33-34-35-36-37-38-39-40-41-43-45-48-51-54-57-60-63-66-72(75)78-69-70(68-77-71(74)65-62-59-56-53-50-47-44-27-24-21-18-15-12-9-6-3)79-73(76)67-64-61-58-55-52-49-46-42-29-26-23-20-17-14-11-8-5-2/h7-8,10-11,16-21,25-29,31-32,34-35,37-38,40-41,44-46,48-49,70H,4-6,9,12-15,22-24,30,33,36,39,42-43,47,50-69H2,1-3H3/b10-7-,11-8-,19-16-,20-17-,21-18-,28-25-,29-26-,32-31-,35-34-,38-37-,41-40-,44-27-,48-45-,49-46-. The number of carbonyl (C=O) groups is 3. The molecule has 0 aliphatic carbocycles. The summed E-state index contributed by atoms with van der Waals surface area (Å²) >= 11 is 0. The zero-order valence-corrected chi connectivity index (χ0v) is 50.6. The van der Waals surface area contributed by atoms with Gasteiger partial charge in [-0.2, -0.15) is 0 Å². The molecule has 1 unspecified atom stereocenters. The number of hydrogen-bond donors (Lipinski definition) is 0. The molecule has 79 heavy (non-hydrogen) atoms. The van der Waals surface area contributed by atoms with E-state index in [1.54, 1.807) is 0 Å². The van der Waals surface area contributed by atoms with Crippen LogP contribution in [0.1, 0.15) is 252 Å². The molecular formula is C73H114O6. The van der Waals surface area contributed by atoms with E-state index in [1.165, 1.54) is 25.7 Å². The van der Waals surface area contributed by atoms with Gasteiger partial charge in [0.1, 0.15) is 13.2 Å². The summed E-state index contributed by atoms with van der Waals surface area (Å²) < 4.78 is 16.9. The number of carbonyl (C=O) groups excluding carboxylic acids is 3. The van der Waals surface area contributed by atoms with E-state index in [-0.39, 0.29) is 37.5 Å². The number of allylic oxidation sites excluding steroid dienone is 28. The highest BCUT2D eigenvalue weighted by Crippen LogP contribution is 2.13. The summed E-state index contributed by atoms with van der Waals surface area (Å²) in [4.78, 5) is 38.3. The zero-order valence-electron chi connectivity index (χ0n) is 50.6. The van der Waals surface area contributed by atoms with Crippen molar-refractivity contribution in [2.45, 2.75) is 258 Å². The van der Waals surface area contributed by atoms with Crippen LogP contribution in [0, 0.1) is 0 Å². The van der Waals surface area contributed by atoms with Gasteiger partial charge in [0.25, 0.3) is 0 Å². The number of hydrogen-bond acceptors (Lipinski definition) is 6. The molecule has 0 amide bonds. The van der Waals surface area contributed by atoms with Gasteiger partial charge in [-0.05, 0) is 154 Å². The molecule has 0 aliphatic rings. The van der Waals surface area contributed by atoms with E-state index in [1.807, 2.05) is 0 Å². The molecule has 0 rings (SSSR count). The van der Waals surface area contributed by atoms with Crippen LogP contribution in [0.2, 0.25) is 0 Å². The average molecular weight is 1090 g/mol. The number of unbranched alkanes of at least 4 members (excludes halogenated alkanes) is 16. The maximum atomic E-state index is 12.9. The van der Waals surface area contributed by atoms with Crippen molar-refractivity contribution in [1.82, 2.24) is 0 Å². The van der Waals surface area contributed by atoms with Crippen molar-refractivity contribution >= 4 is 17.9 Å². The quantitative estimate of drug-likeness (QED) is 0.0261. The second-order valence-corrected chi connectivity index (χ2v) is 20.2. The minimum absolute atomic E-state index is 0.111. The number of esters is 3. The third-order valence-electron chi connectivity index (χ3n) is 12.7. The third-order valence-corrected chi connectivity index (χ3v) is 12.7. The van der Waals surface area contributed by atoms with Gasteiger partial charge in [0.05, 0.1) is 0 Å². The third kappa shape index (κ3) is 63.5. The van der Waals surface area contributed by atoms with Gasteiger partial charge in [0.15, 0.2) is 6.10 Å². The van der Waals surface area contributed by atoms with Crippen LogP contribution in [0.5, 0.6) is 0 Å². The first-order valence-electron chi connectivity index (χ1n) is 31.6. The topological polar surface area (TPSA) is 78.9 Å². The van der Waals surface area contributed by atoms with Gasteiger partial charge >= 0.3 is 17.9 Å². The molecule has 0 aromatic rings. The Morgan fingerprint density at radius 1 is 0.266 bits per heavy atom. The van der Waals surface area contributed by atoms with Crippen molar-refractivity contribution in [2.24, 2.45) is 0 Å². The van der Waals surface area contributed by atoms with Gasteiger partial charge in [-0.3, -0.25) is 14.4 Å². The fourth-order valence-corrected chi connectivity index (χ4v) is 8.01. The molecule has 1 atom stereocenters. The zero-order chi connectivity index (χ0) is 57.1. The fraction of sp³-hybridized carbons (Fsp3) is 0.575. The van der Waals surface area contributed by atoms with E-state index in [4.69, 9.17) is 14.2 Å². The van der Waals surface area contributed by atoms with E-state index in [9.17, 15) is 14.4 Å². The van der Waals surface area contributed by atoms with Crippen LogP contribution in [0.4, 0.5) is 0 Å². The SMILES string of the molecule is CC/C=C\C/C=C\C/C=C\C/C=C\C/C=C\C/C=C\C/C=C\C/C=C\CCCCCCC(=O)OCC(COC(=O)CCCCCCC/C=C\C/C=C\CCCCC)OC(=O)CCCCCC/C=C\C/C=C\C/C=C\C/C=C\CC. The lowest BCUT2D eigenvalue weighted by Crippen LogP contribution is -2.30. The average Bonchev–Trinajstić information content (AvgIpc) is 3.45. The molecule has 0 saturated carbocycles. The van der Waals surface area contributed by atoms with Gasteiger partial charge in [0, 0.05) is 19.3 Å². The van der Waals surface area contributed by atoms with E-state index >= 15 is 0 Å². The Hall–Kier alpha value is -5.23. The summed E-state index contributed by atoms with van der Waals surface area (Å²) in [6.45, 7) is 6.32. The fourth-order valence-electron chi connectivity index (χ4n) is 8.01. The summed E-state index contributed by atoms with van der Waals surface area (Å²) in [5.74, 6) is -0.980. The van der Waals surface area contributed by atoms with Crippen LogP contribution in [-0.2, 0) is 28.6 Å². The first-order valence-corrected chi connectivity index (χ1v) is 31.6. The molecule has 0 heterocycles. The summed E-state index contributed by atoms with van der Waals surface area (Å²) in [6, 6.07) is 0. The number of rotatable bonds is 55. The lowest BCUT2D eigenvalue weighted by molar-refractivity contribution is -0.167. The van der Waals surface area contributed by atoms with Crippen molar-refractivity contribution in [3.05, 3.63) is 170 Å². The molecule has 0 spiro atoms. The predicted molar refractivity (Wildman–Crippen MR) is 343 cm³/mol. The molecule has 0 aromatic heterocycles. The summed E-state index contributed by atoms with van der Waals surface area (Å²) in [5, 5.41) is 0. The van der Waals surface area contributed by atoms with Crippen molar-refractivity contribution in [2.75, 3.05) is 13.2 Å². The normalized spacial score (nSPS) is 13.3. The maximum Gasteiger partial charge on any atom is 0.306 e. The highest BCUT2D eigenvalue weighted by atomic mass is 16.6. The molecule has 6 nitrogen and oxygen atoms in total. The predicted octanol–water partition coefficient (Wildman–Crippen LogP) is 21.9. The van der Waals surface area contributed by atoms with Gasteiger partial charge in [-0.25, -0.2) is 0 Å². The largest absolute Gasteiger partial charge is 0.462 e. The Morgan fingerprint density at radius 2 is 0.494 bits per heavy atom. The van der Waals surface area contributed by atoms with Crippen molar-refractivity contribution in [3.8, 4) is 0 Å². The Kier molecular flexibility index (Phi) is 61.0. The highest BCUT2D eigenvalue weighted by Gasteiger charge is 2.19. The van der Waals surface area contributed by atoms with Gasteiger partial charge in [-0.15, -0.1) is 0 Å². The van der Waals surface area contributed by atoms with Crippen LogP contribution in [0.3, 0.4) is 0 Å². The van der Waals surface area contributed by atoms with Crippen LogP contribution < -0.4 is 0 Å². The van der Waals surface area contributed by atoms with Crippen LogP contribution in [-0.4, -0.2) is 37.2 Å². The van der Waals surface area contributed by atoms with Crippen LogP contribution in [0.15, 0.2) is 170 Å². The molecule has 0 bridgehead atoms. The molecule has 0 aromatic carbocycles. The van der Waals surface area contributed by atoms with E-state index in [0.29, 0.717) is 12.8 Å². The van der Waals surface area contributed by atoms with E-state index in [2.05, 4.69) is 191 Å².